The lowest BCUT2D eigenvalue weighted by Crippen LogP contribution is -2.24. The molecule has 0 aliphatic carbocycles. The Hall–Kier alpha value is -1.16. The van der Waals surface area contributed by atoms with Gasteiger partial charge in [-0.3, -0.25) is 4.98 Å². The van der Waals surface area contributed by atoms with E-state index in [9.17, 15) is 4.39 Å². The summed E-state index contributed by atoms with van der Waals surface area (Å²) in [7, 11) is 0. The fourth-order valence-corrected chi connectivity index (χ4v) is 2.47. The van der Waals surface area contributed by atoms with Crippen molar-refractivity contribution in [2.24, 2.45) is 0 Å². The Balaban J connectivity index is 2.41. The van der Waals surface area contributed by atoms with E-state index in [1.807, 2.05) is 6.07 Å². The first-order valence-electron chi connectivity index (χ1n) is 6.41. The first-order valence-corrected chi connectivity index (χ1v) is 7.17. The predicted octanol–water partition coefficient (Wildman–Crippen LogP) is 4.62. The molecule has 2 aromatic rings. The Morgan fingerprint density at radius 2 is 2.10 bits per heavy atom. The normalized spacial score (nSPS) is 12.4. The van der Waals surface area contributed by atoms with Gasteiger partial charge in [-0.05, 0) is 36.7 Å². The van der Waals surface area contributed by atoms with Gasteiger partial charge in [-0.2, -0.15) is 0 Å². The fraction of sp³-hybridized carbons (Fsp3) is 0.267. The van der Waals surface area contributed by atoms with E-state index >= 15 is 0 Å². The Bertz CT molecular complexity index is 590. The van der Waals surface area contributed by atoms with Gasteiger partial charge in [0.25, 0.3) is 0 Å². The smallest absolute Gasteiger partial charge is 0.123 e. The van der Waals surface area contributed by atoms with Crippen LogP contribution in [0, 0.1) is 5.82 Å². The molecule has 1 atom stereocenters. The zero-order chi connectivity index (χ0) is 14.5. The summed E-state index contributed by atoms with van der Waals surface area (Å²) in [5.74, 6) is -0.282. The Morgan fingerprint density at radius 1 is 1.30 bits per heavy atom. The van der Waals surface area contributed by atoms with E-state index < -0.39 is 0 Å². The zero-order valence-corrected chi connectivity index (χ0v) is 12.5. The molecule has 20 heavy (non-hydrogen) atoms. The molecule has 1 unspecified atom stereocenters. The quantitative estimate of drug-likeness (QED) is 0.871. The number of nitrogens with one attached hydrogen (secondary N) is 1. The van der Waals surface area contributed by atoms with E-state index in [2.05, 4.69) is 17.2 Å². The molecule has 1 N–H and O–H groups in total. The molecule has 0 bridgehead atoms. The Morgan fingerprint density at radius 3 is 2.75 bits per heavy atom. The van der Waals surface area contributed by atoms with Crippen LogP contribution in [0.3, 0.4) is 0 Å². The molecule has 0 radical (unpaired) electrons. The minimum absolute atomic E-state index is 0.254. The van der Waals surface area contributed by atoms with Crippen LogP contribution in [0.2, 0.25) is 10.0 Å². The lowest BCUT2D eigenvalue weighted by atomic mass is 10.0. The van der Waals surface area contributed by atoms with Crippen LogP contribution in [-0.2, 0) is 0 Å². The third kappa shape index (κ3) is 3.69. The average Bonchev–Trinajstić information content (AvgIpc) is 2.41. The fourth-order valence-electron chi connectivity index (χ4n) is 1.98. The number of halogens is 3. The summed E-state index contributed by atoms with van der Waals surface area (Å²) in [4.78, 5) is 4.29. The molecule has 0 saturated heterocycles. The van der Waals surface area contributed by atoms with Gasteiger partial charge in [0.2, 0.25) is 0 Å². The van der Waals surface area contributed by atoms with Crippen molar-refractivity contribution in [1.82, 2.24) is 10.3 Å². The highest BCUT2D eigenvalue weighted by atomic mass is 35.5. The van der Waals surface area contributed by atoms with E-state index in [0.717, 1.165) is 18.5 Å². The number of hydrogen-bond donors (Lipinski definition) is 1. The van der Waals surface area contributed by atoms with Gasteiger partial charge in [-0.15, -0.1) is 0 Å². The SMILES string of the molecule is CCCNC(c1cccc(F)c1)c1ncc(Cl)cc1Cl. The number of benzene rings is 1. The molecule has 1 heterocycles. The molecule has 1 aromatic heterocycles. The van der Waals surface area contributed by atoms with Gasteiger partial charge < -0.3 is 5.32 Å². The lowest BCUT2D eigenvalue weighted by Gasteiger charge is -2.19. The summed E-state index contributed by atoms with van der Waals surface area (Å²) in [5, 5.41) is 4.28. The van der Waals surface area contributed by atoms with Gasteiger partial charge in [-0.25, -0.2) is 4.39 Å². The molecular formula is C15H15Cl2FN2. The molecule has 0 saturated carbocycles. The first-order chi connectivity index (χ1) is 9.61. The summed E-state index contributed by atoms with van der Waals surface area (Å²) in [6, 6.07) is 7.82. The Labute approximate surface area is 127 Å². The van der Waals surface area contributed by atoms with Crippen molar-refractivity contribution in [2.75, 3.05) is 6.54 Å². The summed E-state index contributed by atoms with van der Waals surface area (Å²) in [5.41, 5.74) is 1.44. The standard InChI is InChI=1S/C15H15Cl2FN2/c1-2-6-19-14(10-4-3-5-12(18)7-10)15-13(17)8-11(16)9-20-15/h3-5,7-9,14,19H,2,6H2,1H3. The van der Waals surface area contributed by atoms with Gasteiger partial charge in [0.05, 0.1) is 21.8 Å². The van der Waals surface area contributed by atoms with Gasteiger partial charge >= 0.3 is 0 Å². The maximum absolute atomic E-state index is 13.4. The average molecular weight is 313 g/mol. The van der Waals surface area contributed by atoms with Crippen LogP contribution in [-0.4, -0.2) is 11.5 Å². The van der Waals surface area contributed by atoms with Crippen LogP contribution in [0.25, 0.3) is 0 Å². The first kappa shape index (κ1) is 15.2. The summed E-state index contributed by atoms with van der Waals surface area (Å²) >= 11 is 12.1. The molecule has 0 amide bonds. The number of pyridine rings is 1. The predicted molar refractivity (Wildman–Crippen MR) is 80.8 cm³/mol. The molecule has 0 fully saturated rings. The van der Waals surface area contributed by atoms with Crippen molar-refractivity contribution < 1.29 is 4.39 Å². The summed E-state index contributed by atoms with van der Waals surface area (Å²) < 4.78 is 13.4. The third-order valence-corrected chi connectivity index (χ3v) is 3.40. The van der Waals surface area contributed by atoms with Crippen LogP contribution in [0.15, 0.2) is 36.5 Å². The van der Waals surface area contributed by atoms with Crippen LogP contribution < -0.4 is 5.32 Å². The molecule has 2 rings (SSSR count). The van der Waals surface area contributed by atoms with Crippen molar-refractivity contribution >= 4 is 23.2 Å². The summed E-state index contributed by atoms with van der Waals surface area (Å²) in [6.07, 6.45) is 2.50. The van der Waals surface area contributed by atoms with Crippen molar-refractivity contribution in [3.8, 4) is 0 Å². The van der Waals surface area contributed by atoms with Crippen molar-refractivity contribution in [2.45, 2.75) is 19.4 Å². The van der Waals surface area contributed by atoms with Gasteiger partial charge in [0.1, 0.15) is 5.82 Å². The second-order valence-electron chi connectivity index (χ2n) is 4.46. The highest BCUT2D eigenvalue weighted by molar-refractivity contribution is 6.34. The van der Waals surface area contributed by atoms with Crippen LogP contribution in [0.5, 0.6) is 0 Å². The summed E-state index contributed by atoms with van der Waals surface area (Å²) in [6.45, 7) is 2.84. The largest absolute Gasteiger partial charge is 0.305 e. The molecule has 0 spiro atoms. The van der Waals surface area contributed by atoms with E-state index in [-0.39, 0.29) is 11.9 Å². The number of rotatable bonds is 5. The molecule has 5 heteroatoms. The number of aromatic nitrogens is 1. The molecular weight excluding hydrogens is 298 g/mol. The topological polar surface area (TPSA) is 24.9 Å². The van der Waals surface area contributed by atoms with Crippen molar-refractivity contribution in [3.63, 3.8) is 0 Å². The van der Waals surface area contributed by atoms with Crippen LogP contribution in [0.1, 0.15) is 30.6 Å². The lowest BCUT2D eigenvalue weighted by molar-refractivity contribution is 0.576. The minimum atomic E-state index is -0.282. The van der Waals surface area contributed by atoms with E-state index in [4.69, 9.17) is 23.2 Å². The monoisotopic (exact) mass is 312 g/mol. The maximum Gasteiger partial charge on any atom is 0.123 e. The third-order valence-electron chi connectivity index (χ3n) is 2.89. The van der Waals surface area contributed by atoms with Crippen molar-refractivity contribution in [1.29, 1.82) is 0 Å². The van der Waals surface area contributed by atoms with E-state index in [1.54, 1.807) is 18.3 Å². The highest BCUT2D eigenvalue weighted by Gasteiger charge is 2.18. The zero-order valence-electron chi connectivity index (χ0n) is 11.0. The van der Waals surface area contributed by atoms with Gasteiger partial charge in [0, 0.05) is 6.20 Å². The van der Waals surface area contributed by atoms with Gasteiger partial charge in [0.15, 0.2) is 0 Å². The second kappa shape index (κ2) is 7.02. The van der Waals surface area contributed by atoms with E-state index in [0.29, 0.717) is 15.7 Å². The molecule has 1 aromatic carbocycles. The number of hydrogen-bond acceptors (Lipinski definition) is 2. The maximum atomic E-state index is 13.4. The minimum Gasteiger partial charge on any atom is -0.305 e. The van der Waals surface area contributed by atoms with Crippen LogP contribution in [0.4, 0.5) is 4.39 Å². The molecule has 2 nitrogen and oxygen atoms in total. The molecule has 0 aliphatic rings. The molecule has 106 valence electrons. The van der Waals surface area contributed by atoms with E-state index in [1.165, 1.54) is 12.1 Å². The van der Waals surface area contributed by atoms with Gasteiger partial charge in [-0.1, -0.05) is 42.3 Å². The van der Waals surface area contributed by atoms with Crippen molar-refractivity contribution in [3.05, 3.63) is 63.6 Å². The second-order valence-corrected chi connectivity index (χ2v) is 5.31. The van der Waals surface area contributed by atoms with Crippen LogP contribution >= 0.6 is 23.2 Å². The number of nitrogens with zero attached hydrogens (tertiary/aromatic N) is 1. The Kier molecular flexibility index (Phi) is 5.35. The highest BCUT2D eigenvalue weighted by Crippen LogP contribution is 2.28. The molecule has 0 aliphatic heterocycles.